The van der Waals surface area contributed by atoms with Crippen molar-refractivity contribution in [3.8, 4) is 55.6 Å². The van der Waals surface area contributed by atoms with E-state index in [1.807, 2.05) is 0 Å². The van der Waals surface area contributed by atoms with Gasteiger partial charge in [0.2, 0.25) is 0 Å². The first-order chi connectivity index (χ1) is 29.8. The molecule has 0 aliphatic carbocycles. The number of benzene rings is 12. The summed E-state index contributed by atoms with van der Waals surface area (Å²) in [4.78, 5) is 0. The molecule has 0 aromatic heterocycles. The normalized spacial score (nSPS) is 11.7. The van der Waals surface area contributed by atoms with Crippen LogP contribution in [0.5, 0.6) is 0 Å². The monoisotopic (exact) mass is 758 g/mol. The van der Waals surface area contributed by atoms with Gasteiger partial charge in [0.1, 0.15) is 0 Å². The van der Waals surface area contributed by atoms with Gasteiger partial charge in [0, 0.05) is 0 Å². The molecule has 0 unspecified atom stereocenters. The number of fused-ring (bicyclic) bond motifs is 8. The Morgan fingerprint density at radius 2 is 0.483 bits per heavy atom. The molecule has 60 heavy (non-hydrogen) atoms. The second-order valence-corrected chi connectivity index (χ2v) is 15.9. The zero-order valence-corrected chi connectivity index (χ0v) is 32.9. The third-order valence-electron chi connectivity index (χ3n) is 12.7. The van der Waals surface area contributed by atoms with Crippen LogP contribution in [0.1, 0.15) is 0 Å². The van der Waals surface area contributed by atoms with Crippen molar-refractivity contribution in [2.75, 3.05) is 0 Å². The second-order valence-electron chi connectivity index (χ2n) is 15.9. The van der Waals surface area contributed by atoms with Gasteiger partial charge in [-0.05, 0) is 126 Å². The van der Waals surface area contributed by atoms with Gasteiger partial charge < -0.3 is 0 Å². The van der Waals surface area contributed by atoms with Gasteiger partial charge in [-0.25, -0.2) is 0 Å². The fraction of sp³-hybridized carbons (Fsp3) is 0. The SMILES string of the molecule is c1ccc(-c2cccc3ccccc23)c(-c2c(-c3cccc4ccccc34)cc3c(ccc4c5ccccc5ccc34)c2-c2ccccc2-c2cccc3ccccc23)c1. The molecule has 0 spiro atoms. The summed E-state index contributed by atoms with van der Waals surface area (Å²) >= 11 is 0. The average Bonchev–Trinajstić information content (AvgIpc) is 3.32. The van der Waals surface area contributed by atoms with Gasteiger partial charge in [-0.1, -0.05) is 224 Å². The quantitative estimate of drug-likeness (QED) is 0.153. The number of hydrogen-bond donors (Lipinski definition) is 0. The predicted octanol–water partition coefficient (Wildman–Crippen LogP) is 16.9. The highest BCUT2D eigenvalue weighted by Crippen LogP contribution is 2.52. The Hall–Kier alpha value is -7.80. The van der Waals surface area contributed by atoms with Crippen LogP contribution in [0.15, 0.2) is 231 Å². The molecule has 12 rings (SSSR count). The maximum Gasteiger partial charge on any atom is -0.00137 e. The summed E-state index contributed by atoms with van der Waals surface area (Å²) in [5.41, 5.74) is 12.2. The molecule has 0 nitrogen and oxygen atoms in total. The van der Waals surface area contributed by atoms with E-state index < -0.39 is 0 Å². The third kappa shape index (κ3) is 5.39. The summed E-state index contributed by atoms with van der Waals surface area (Å²) in [7, 11) is 0. The molecule has 0 aliphatic rings. The molecule has 0 bridgehead atoms. The van der Waals surface area contributed by atoms with E-state index in [1.165, 1.54) is 120 Å². The molecule has 0 heteroatoms. The van der Waals surface area contributed by atoms with Crippen molar-refractivity contribution in [1.29, 1.82) is 0 Å². The molecule has 0 radical (unpaired) electrons. The minimum Gasteiger partial charge on any atom is -0.0616 e. The Kier molecular flexibility index (Phi) is 7.96. The molecule has 0 saturated heterocycles. The molecule has 0 saturated carbocycles. The summed E-state index contributed by atoms with van der Waals surface area (Å²) in [6.45, 7) is 0. The summed E-state index contributed by atoms with van der Waals surface area (Å²) in [5.74, 6) is 0. The summed E-state index contributed by atoms with van der Waals surface area (Å²) in [6.07, 6.45) is 0. The van der Waals surface area contributed by atoms with Crippen molar-refractivity contribution in [2.24, 2.45) is 0 Å². The lowest BCUT2D eigenvalue weighted by molar-refractivity contribution is 1.58. The molecular weight excluding hydrogens is 721 g/mol. The molecule has 12 aromatic carbocycles. The Labute approximate surface area is 349 Å². The van der Waals surface area contributed by atoms with Crippen LogP contribution < -0.4 is 0 Å². The van der Waals surface area contributed by atoms with Gasteiger partial charge in [-0.15, -0.1) is 0 Å². The Bertz CT molecular complexity index is 3650. The van der Waals surface area contributed by atoms with E-state index in [2.05, 4.69) is 231 Å². The highest BCUT2D eigenvalue weighted by atomic mass is 14.3. The highest BCUT2D eigenvalue weighted by Gasteiger charge is 2.25. The molecule has 0 amide bonds. The van der Waals surface area contributed by atoms with Gasteiger partial charge in [-0.3, -0.25) is 0 Å². The van der Waals surface area contributed by atoms with Crippen molar-refractivity contribution in [1.82, 2.24) is 0 Å². The summed E-state index contributed by atoms with van der Waals surface area (Å²) in [5, 5.41) is 14.9. The maximum absolute atomic E-state index is 2.51. The van der Waals surface area contributed by atoms with Crippen molar-refractivity contribution in [3.63, 3.8) is 0 Å². The molecule has 0 fully saturated rings. The lowest BCUT2D eigenvalue weighted by Gasteiger charge is -2.25. The zero-order chi connectivity index (χ0) is 39.6. The number of rotatable bonds is 5. The maximum atomic E-state index is 2.51. The van der Waals surface area contributed by atoms with E-state index in [1.54, 1.807) is 0 Å². The van der Waals surface area contributed by atoms with E-state index in [4.69, 9.17) is 0 Å². The van der Waals surface area contributed by atoms with E-state index in [0.717, 1.165) is 0 Å². The molecule has 0 heterocycles. The largest absolute Gasteiger partial charge is 0.0616 e. The van der Waals surface area contributed by atoms with Crippen LogP contribution >= 0.6 is 0 Å². The first kappa shape index (κ1) is 34.3. The van der Waals surface area contributed by atoms with Gasteiger partial charge in [0.15, 0.2) is 0 Å². The van der Waals surface area contributed by atoms with Crippen molar-refractivity contribution in [2.45, 2.75) is 0 Å². The standard InChI is InChI=1S/C60H38/c1-5-23-43-39(16-1)20-13-31-47(43)50-27-9-11-29-54(50)59-56-37-36-52-46-26-8-4-19-42(46)34-35-53(52)57(56)38-58(49-33-15-22-41-18-3-7-25-45(41)49)60(59)55-30-12-10-28-51(55)48-32-14-21-40-17-2-6-24-44(40)48/h1-38H. The molecule has 0 atom stereocenters. The Morgan fingerprint density at radius 1 is 0.150 bits per heavy atom. The van der Waals surface area contributed by atoms with Crippen molar-refractivity contribution in [3.05, 3.63) is 231 Å². The Balaban J connectivity index is 1.31. The lowest BCUT2D eigenvalue weighted by atomic mass is 9.78. The van der Waals surface area contributed by atoms with Gasteiger partial charge in [-0.2, -0.15) is 0 Å². The highest BCUT2D eigenvalue weighted by molar-refractivity contribution is 6.25. The first-order valence-electron chi connectivity index (χ1n) is 20.8. The van der Waals surface area contributed by atoms with Crippen molar-refractivity contribution >= 4 is 64.6 Å². The van der Waals surface area contributed by atoms with E-state index >= 15 is 0 Å². The molecule has 0 aliphatic heterocycles. The van der Waals surface area contributed by atoms with Crippen LogP contribution in [0.4, 0.5) is 0 Å². The van der Waals surface area contributed by atoms with Gasteiger partial charge >= 0.3 is 0 Å². The van der Waals surface area contributed by atoms with Crippen LogP contribution in [0.25, 0.3) is 120 Å². The van der Waals surface area contributed by atoms with Crippen LogP contribution in [-0.4, -0.2) is 0 Å². The van der Waals surface area contributed by atoms with E-state index in [-0.39, 0.29) is 0 Å². The van der Waals surface area contributed by atoms with E-state index in [9.17, 15) is 0 Å². The van der Waals surface area contributed by atoms with Crippen LogP contribution in [0.3, 0.4) is 0 Å². The minimum atomic E-state index is 1.21. The predicted molar refractivity (Wildman–Crippen MR) is 259 cm³/mol. The number of hydrogen-bond acceptors (Lipinski definition) is 0. The average molecular weight is 759 g/mol. The molecule has 12 aromatic rings. The Morgan fingerprint density at radius 3 is 1.02 bits per heavy atom. The topological polar surface area (TPSA) is 0 Å². The molecular formula is C60H38. The summed E-state index contributed by atoms with van der Waals surface area (Å²) < 4.78 is 0. The van der Waals surface area contributed by atoms with Gasteiger partial charge in [0.05, 0.1) is 0 Å². The van der Waals surface area contributed by atoms with Crippen LogP contribution in [0, 0.1) is 0 Å². The van der Waals surface area contributed by atoms with E-state index in [0.29, 0.717) is 0 Å². The van der Waals surface area contributed by atoms with Crippen molar-refractivity contribution < 1.29 is 0 Å². The smallest absolute Gasteiger partial charge is 0.00137 e. The second kappa shape index (κ2) is 13.9. The molecule has 278 valence electrons. The molecule has 0 N–H and O–H groups in total. The minimum absolute atomic E-state index is 1.21. The van der Waals surface area contributed by atoms with Crippen LogP contribution in [0.2, 0.25) is 0 Å². The third-order valence-corrected chi connectivity index (χ3v) is 12.7. The fourth-order valence-corrected chi connectivity index (χ4v) is 10.00. The zero-order valence-electron chi connectivity index (χ0n) is 32.9. The lowest BCUT2D eigenvalue weighted by Crippen LogP contribution is -1.98. The van der Waals surface area contributed by atoms with Gasteiger partial charge in [0.25, 0.3) is 0 Å². The van der Waals surface area contributed by atoms with Crippen LogP contribution in [-0.2, 0) is 0 Å². The first-order valence-corrected chi connectivity index (χ1v) is 20.8. The summed E-state index contributed by atoms with van der Waals surface area (Å²) in [6, 6.07) is 85.5. The fourth-order valence-electron chi connectivity index (χ4n) is 10.00.